The first-order valence-electron chi connectivity index (χ1n) is 8.14. The van der Waals surface area contributed by atoms with E-state index in [2.05, 4.69) is 50.2 Å². The molecule has 0 aromatic heterocycles. The van der Waals surface area contributed by atoms with Crippen LogP contribution >= 0.6 is 15.9 Å². The number of amides is 1. The Kier molecular flexibility index (Phi) is 5.21. The first kappa shape index (κ1) is 17.0. The lowest BCUT2D eigenvalue weighted by Gasteiger charge is -2.34. The molecule has 126 valence electrons. The third-order valence-electron chi connectivity index (χ3n) is 4.43. The van der Waals surface area contributed by atoms with E-state index in [-0.39, 0.29) is 5.91 Å². The van der Waals surface area contributed by atoms with E-state index in [1.165, 1.54) is 5.69 Å². The van der Waals surface area contributed by atoms with Gasteiger partial charge in [0.2, 0.25) is 0 Å². The quantitative estimate of drug-likeness (QED) is 0.870. The van der Waals surface area contributed by atoms with Crippen LogP contribution in [0.4, 0.5) is 11.4 Å². The van der Waals surface area contributed by atoms with Crippen molar-refractivity contribution < 1.29 is 4.79 Å². The topological polar surface area (TPSA) is 35.6 Å². The molecule has 2 aromatic rings. The van der Waals surface area contributed by atoms with Crippen molar-refractivity contribution in [3.63, 3.8) is 0 Å². The van der Waals surface area contributed by atoms with E-state index in [0.29, 0.717) is 5.56 Å². The molecule has 0 unspecified atom stereocenters. The molecule has 0 radical (unpaired) electrons. The molecule has 3 rings (SSSR count). The number of nitrogens with one attached hydrogen (secondary N) is 1. The number of benzene rings is 2. The predicted octanol–water partition coefficient (Wildman–Crippen LogP) is 3.76. The zero-order chi connectivity index (χ0) is 17.1. The summed E-state index contributed by atoms with van der Waals surface area (Å²) >= 11 is 3.38. The molecule has 1 amide bonds. The van der Waals surface area contributed by atoms with Gasteiger partial charge in [0.15, 0.2) is 0 Å². The van der Waals surface area contributed by atoms with E-state index in [4.69, 9.17) is 0 Å². The monoisotopic (exact) mass is 387 g/mol. The van der Waals surface area contributed by atoms with Gasteiger partial charge in [0, 0.05) is 47.6 Å². The molecule has 4 nitrogen and oxygen atoms in total. The van der Waals surface area contributed by atoms with E-state index >= 15 is 0 Å². The van der Waals surface area contributed by atoms with Gasteiger partial charge in [-0.2, -0.15) is 0 Å². The summed E-state index contributed by atoms with van der Waals surface area (Å²) < 4.78 is 0.965. The Hall–Kier alpha value is -1.85. The highest BCUT2D eigenvalue weighted by molar-refractivity contribution is 9.10. The summed E-state index contributed by atoms with van der Waals surface area (Å²) in [6, 6.07) is 13.6. The molecule has 1 N–H and O–H groups in total. The first-order chi connectivity index (χ1) is 11.5. The van der Waals surface area contributed by atoms with E-state index in [9.17, 15) is 4.79 Å². The Morgan fingerprint density at radius 1 is 1.04 bits per heavy atom. The SMILES string of the molecule is Cc1cc(N2CCN(C)CC2)ccc1NC(=O)c1ccc(Br)cc1. The van der Waals surface area contributed by atoms with Gasteiger partial charge in [-0.1, -0.05) is 15.9 Å². The van der Waals surface area contributed by atoms with Crippen molar-refractivity contribution >= 4 is 33.2 Å². The Morgan fingerprint density at radius 3 is 2.33 bits per heavy atom. The van der Waals surface area contributed by atoms with Crippen LogP contribution < -0.4 is 10.2 Å². The molecule has 2 aromatic carbocycles. The molecule has 1 aliphatic rings. The van der Waals surface area contributed by atoms with Crippen molar-refractivity contribution in [3.05, 3.63) is 58.1 Å². The van der Waals surface area contributed by atoms with Crippen LogP contribution in [-0.2, 0) is 0 Å². The number of hydrogen-bond acceptors (Lipinski definition) is 3. The Labute approximate surface area is 151 Å². The fourth-order valence-electron chi connectivity index (χ4n) is 2.85. The second-order valence-corrected chi connectivity index (χ2v) is 7.17. The molecule has 24 heavy (non-hydrogen) atoms. The molecule has 1 fully saturated rings. The van der Waals surface area contributed by atoms with Crippen LogP contribution in [-0.4, -0.2) is 44.0 Å². The van der Waals surface area contributed by atoms with Crippen molar-refractivity contribution in [3.8, 4) is 0 Å². The summed E-state index contributed by atoms with van der Waals surface area (Å²) in [4.78, 5) is 17.1. The lowest BCUT2D eigenvalue weighted by Crippen LogP contribution is -2.44. The normalized spacial score (nSPS) is 15.4. The van der Waals surface area contributed by atoms with E-state index < -0.39 is 0 Å². The van der Waals surface area contributed by atoms with Crippen LogP contribution in [0, 0.1) is 6.92 Å². The van der Waals surface area contributed by atoms with Crippen LogP contribution in [0.15, 0.2) is 46.9 Å². The maximum Gasteiger partial charge on any atom is 0.255 e. The van der Waals surface area contributed by atoms with Gasteiger partial charge < -0.3 is 15.1 Å². The average molecular weight is 388 g/mol. The van der Waals surface area contributed by atoms with Crippen molar-refractivity contribution in [2.24, 2.45) is 0 Å². The zero-order valence-electron chi connectivity index (χ0n) is 14.1. The zero-order valence-corrected chi connectivity index (χ0v) is 15.6. The number of aryl methyl sites for hydroxylation is 1. The van der Waals surface area contributed by atoms with Gasteiger partial charge in [0.05, 0.1) is 0 Å². The highest BCUT2D eigenvalue weighted by atomic mass is 79.9. The van der Waals surface area contributed by atoms with Crippen LogP contribution in [0.1, 0.15) is 15.9 Å². The number of nitrogens with zero attached hydrogens (tertiary/aromatic N) is 2. The molecule has 0 aliphatic carbocycles. The number of carbonyl (C=O) groups is 1. The number of hydrogen-bond donors (Lipinski definition) is 1. The van der Waals surface area contributed by atoms with Crippen molar-refractivity contribution in [1.29, 1.82) is 0 Å². The number of rotatable bonds is 3. The largest absolute Gasteiger partial charge is 0.369 e. The first-order valence-corrected chi connectivity index (χ1v) is 8.93. The highest BCUT2D eigenvalue weighted by Gasteiger charge is 2.15. The van der Waals surface area contributed by atoms with E-state index in [0.717, 1.165) is 41.9 Å². The summed E-state index contributed by atoms with van der Waals surface area (Å²) in [5, 5.41) is 3.00. The number of halogens is 1. The Balaban J connectivity index is 1.70. The number of carbonyl (C=O) groups excluding carboxylic acids is 1. The standard InChI is InChI=1S/C19H22BrN3O/c1-14-13-17(23-11-9-22(2)10-12-23)7-8-18(14)21-19(24)15-3-5-16(20)6-4-15/h3-8,13H,9-12H2,1-2H3,(H,21,24). The molecule has 5 heteroatoms. The maximum atomic E-state index is 12.4. The smallest absolute Gasteiger partial charge is 0.255 e. The van der Waals surface area contributed by atoms with Gasteiger partial charge in [-0.05, 0) is 62.0 Å². The van der Waals surface area contributed by atoms with Gasteiger partial charge in [-0.15, -0.1) is 0 Å². The molecular weight excluding hydrogens is 366 g/mol. The summed E-state index contributed by atoms with van der Waals surface area (Å²) in [6.07, 6.45) is 0. The molecule has 1 aliphatic heterocycles. The second kappa shape index (κ2) is 7.36. The van der Waals surface area contributed by atoms with Crippen LogP contribution in [0.5, 0.6) is 0 Å². The minimum absolute atomic E-state index is 0.0852. The van der Waals surface area contributed by atoms with Gasteiger partial charge in [0.1, 0.15) is 0 Å². The molecule has 1 heterocycles. The molecule has 0 bridgehead atoms. The lowest BCUT2D eigenvalue weighted by molar-refractivity contribution is 0.102. The van der Waals surface area contributed by atoms with Gasteiger partial charge >= 0.3 is 0 Å². The van der Waals surface area contributed by atoms with Crippen LogP contribution in [0.2, 0.25) is 0 Å². The van der Waals surface area contributed by atoms with Crippen molar-refractivity contribution in [2.45, 2.75) is 6.92 Å². The molecule has 0 spiro atoms. The maximum absolute atomic E-state index is 12.4. The predicted molar refractivity (Wildman–Crippen MR) is 103 cm³/mol. The number of likely N-dealkylation sites (N-methyl/N-ethyl adjacent to an activating group) is 1. The number of anilines is 2. The second-order valence-electron chi connectivity index (χ2n) is 6.25. The minimum atomic E-state index is -0.0852. The van der Waals surface area contributed by atoms with E-state index in [1.54, 1.807) is 0 Å². The fraction of sp³-hybridized carbons (Fsp3) is 0.316. The van der Waals surface area contributed by atoms with Crippen molar-refractivity contribution in [2.75, 3.05) is 43.4 Å². The third kappa shape index (κ3) is 3.97. The number of piperazine rings is 1. The van der Waals surface area contributed by atoms with Crippen molar-refractivity contribution in [1.82, 2.24) is 4.90 Å². The van der Waals surface area contributed by atoms with Crippen LogP contribution in [0.3, 0.4) is 0 Å². The molecule has 0 saturated carbocycles. The third-order valence-corrected chi connectivity index (χ3v) is 4.96. The van der Waals surface area contributed by atoms with Gasteiger partial charge in [-0.25, -0.2) is 0 Å². The summed E-state index contributed by atoms with van der Waals surface area (Å²) in [5.74, 6) is -0.0852. The van der Waals surface area contributed by atoms with Crippen LogP contribution in [0.25, 0.3) is 0 Å². The highest BCUT2D eigenvalue weighted by Crippen LogP contribution is 2.24. The fourth-order valence-corrected chi connectivity index (χ4v) is 3.11. The van der Waals surface area contributed by atoms with Gasteiger partial charge in [0.25, 0.3) is 5.91 Å². The lowest BCUT2D eigenvalue weighted by atomic mass is 10.1. The summed E-state index contributed by atoms with van der Waals surface area (Å²) in [5.41, 5.74) is 3.82. The molecule has 1 saturated heterocycles. The Bertz CT molecular complexity index is 722. The summed E-state index contributed by atoms with van der Waals surface area (Å²) in [7, 11) is 2.16. The Morgan fingerprint density at radius 2 is 1.71 bits per heavy atom. The van der Waals surface area contributed by atoms with Gasteiger partial charge in [-0.3, -0.25) is 4.79 Å². The average Bonchev–Trinajstić information content (AvgIpc) is 2.58. The minimum Gasteiger partial charge on any atom is -0.369 e. The molecular formula is C19H22BrN3O. The summed E-state index contributed by atoms with van der Waals surface area (Å²) in [6.45, 7) is 6.29. The molecule has 0 atom stereocenters. The van der Waals surface area contributed by atoms with E-state index in [1.807, 2.05) is 37.3 Å².